The molecule has 0 aliphatic heterocycles. The third-order valence-corrected chi connectivity index (χ3v) is 11.6. The van der Waals surface area contributed by atoms with Crippen molar-refractivity contribution in [2.24, 2.45) is 46.3 Å². The van der Waals surface area contributed by atoms with Crippen molar-refractivity contribution in [3.63, 3.8) is 0 Å². The lowest BCUT2D eigenvalue weighted by molar-refractivity contribution is -0.174. The maximum Gasteiger partial charge on any atom is 0.266 e. The van der Waals surface area contributed by atoms with Crippen LogP contribution in [-0.4, -0.2) is 53.6 Å². The minimum Gasteiger partial charge on any atom is -0.393 e. The summed E-state index contributed by atoms with van der Waals surface area (Å²) >= 11 is 0. The van der Waals surface area contributed by atoms with Gasteiger partial charge in [0.15, 0.2) is 0 Å². The fourth-order valence-corrected chi connectivity index (χ4v) is 9.50. The number of hydrogen-bond donors (Lipinski definition) is 4. The normalized spacial score (nSPS) is 45.1. The molecule has 0 aromatic carbocycles. The van der Waals surface area contributed by atoms with E-state index in [2.05, 4.69) is 26.1 Å². The second kappa shape index (κ2) is 9.64. The fourth-order valence-electron chi connectivity index (χ4n) is 9.14. The molecule has 4 rings (SSSR count). The van der Waals surface area contributed by atoms with Crippen LogP contribution in [0.3, 0.4) is 0 Å². The van der Waals surface area contributed by atoms with E-state index in [1.54, 1.807) is 0 Å². The molecule has 0 aromatic rings. The minimum absolute atomic E-state index is 0.0625. The Kier molecular flexibility index (Phi) is 7.47. The van der Waals surface area contributed by atoms with E-state index in [4.69, 9.17) is 4.55 Å². The summed E-state index contributed by atoms with van der Waals surface area (Å²) < 4.78 is 30.5. The quantitative estimate of drug-likeness (QED) is 0.398. The molecule has 0 aromatic heterocycles. The third-order valence-electron chi connectivity index (χ3n) is 10.9. The molecule has 4 aliphatic rings. The van der Waals surface area contributed by atoms with Crippen LogP contribution in [0.4, 0.5) is 0 Å². The molecule has 10 atom stereocenters. The second-order valence-electron chi connectivity index (χ2n) is 12.6. The number of carbonyl (C=O) groups is 1. The van der Waals surface area contributed by atoms with Crippen molar-refractivity contribution < 1.29 is 28.0 Å². The average Bonchev–Trinajstić information content (AvgIpc) is 3.09. The smallest absolute Gasteiger partial charge is 0.266 e. The number of amides is 1. The van der Waals surface area contributed by atoms with E-state index >= 15 is 0 Å². The SMILES string of the molecule is C[C@H](CCC(=O)NCCS(=O)(=O)O)[C@H]1CC[C@H]2[C@@H]3C(O)CC4C[C@H](O)CC[C@]4(C)[C@H]3CC[C@]12C. The van der Waals surface area contributed by atoms with E-state index in [1.807, 2.05) is 0 Å². The molecule has 4 fully saturated rings. The highest BCUT2D eigenvalue weighted by atomic mass is 32.2. The zero-order valence-electron chi connectivity index (χ0n) is 21.1. The summed E-state index contributed by atoms with van der Waals surface area (Å²) in [6, 6.07) is 0. The summed E-state index contributed by atoms with van der Waals surface area (Å²) in [5.74, 6) is 2.10. The molecule has 7 nitrogen and oxygen atoms in total. The van der Waals surface area contributed by atoms with E-state index < -0.39 is 15.9 Å². The molecule has 0 saturated heterocycles. The Morgan fingerprint density at radius 1 is 1.03 bits per heavy atom. The number of fused-ring (bicyclic) bond motifs is 5. The van der Waals surface area contributed by atoms with Crippen molar-refractivity contribution in [1.82, 2.24) is 5.32 Å². The molecule has 196 valence electrons. The van der Waals surface area contributed by atoms with Crippen LogP contribution < -0.4 is 5.32 Å². The van der Waals surface area contributed by atoms with Gasteiger partial charge in [-0.05, 0) is 104 Å². The first-order valence-corrected chi connectivity index (χ1v) is 15.0. The zero-order chi connectivity index (χ0) is 24.9. The number of aliphatic hydroxyl groups excluding tert-OH is 2. The van der Waals surface area contributed by atoms with Crippen LogP contribution in [0.15, 0.2) is 0 Å². The Morgan fingerprint density at radius 2 is 1.71 bits per heavy atom. The van der Waals surface area contributed by atoms with Gasteiger partial charge in [-0.2, -0.15) is 8.42 Å². The van der Waals surface area contributed by atoms with Crippen molar-refractivity contribution in [2.45, 2.75) is 97.2 Å². The van der Waals surface area contributed by atoms with Crippen LogP contribution in [0.1, 0.15) is 85.0 Å². The lowest BCUT2D eigenvalue weighted by atomic mass is 9.43. The predicted molar refractivity (Wildman–Crippen MR) is 130 cm³/mol. The molecule has 0 heterocycles. The maximum atomic E-state index is 12.2. The predicted octanol–water partition coefficient (Wildman–Crippen LogP) is 3.40. The van der Waals surface area contributed by atoms with Crippen molar-refractivity contribution >= 4 is 16.0 Å². The zero-order valence-corrected chi connectivity index (χ0v) is 21.9. The molecule has 1 amide bonds. The molecule has 34 heavy (non-hydrogen) atoms. The Balaban J connectivity index is 1.39. The van der Waals surface area contributed by atoms with E-state index in [0.29, 0.717) is 41.9 Å². The molecule has 2 unspecified atom stereocenters. The highest BCUT2D eigenvalue weighted by Gasteiger charge is 2.62. The van der Waals surface area contributed by atoms with Crippen molar-refractivity contribution in [3.8, 4) is 0 Å². The summed E-state index contributed by atoms with van der Waals surface area (Å²) in [5.41, 5.74) is 0.411. The molecular weight excluding hydrogens is 454 g/mol. The van der Waals surface area contributed by atoms with E-state index in [0.717, 1.165) is 51.4 Å². The van der Waals surface area contributed by atoms with Crippen LogP contribution >= 0.6 is 0 Å². The van der Waals surface area contributed by atoms with Gasteiger partial charge in [0.05, 0.1) is 18.0 Å². The van der Waals surface area contributed by atoms with Crippen LogP contribution in [-0.2, 0) is 14.9 Å². The van der Waals surface area contributed by atoms with Crippen molar-refractivity contribution in [1.29, 1.82) is 0 Å². The number of aliphatic hydroxyl groups is 2. The number of rotatable bonds is 7. The molecule has 0 spiro atoms. The van der Waals surface area contributed by atoms with E-state index in [9.17, 15) is 23.4 Å². The van der Waals surface area contributed by atoms with Gasteiger partial charge in [0.1, 0.15) is 0 Å². The number of nitrogens with one attached hydrogen (secondary N) is 1. The first-order chi connectivity index (χ1) is 15.8. The van der Waals surface area contributed by atoms with Gasteiger partial charge < -0.3 is 15.5 Å². The van der Waals surface area contributed by atoms with Crippen LogP contribution in [0, 0.1) is 46.3 Å². The Morgan fingerprint density at radius 3 is 2.41 bits per heavy atom. The van der Waals surface area contributed by atoms with Gasteiger partial charge in [-0.15, -0.1) is 0 Å². The van der Waals surface area contributed by atoms with Gasteiger partial charge in [-0.25, -0.2) is 0 Å². The first kappa shape index (κ1) is 26.4. The largest absolute Gasteiger partial charge is 0.393 e. The van der Waals surface area contributed by atoms with Crippen molar-refractivity contribution in [2.75, 3.05) is 12.3 Å². The Labute approximate surface area is 205 Å². The fraction of sp³-hybridized carbons (Fsp3) is 0.962. The van der Waals surface area contributed by atoms with Gasteiger partial charge in [-0.3, -0.25) is 9.35 Å². The first-order valence-electron chi connectivity index (χ1n) is 13.4. The number of hydrogen-bond acceptors (Lipinski definition) is 5. The molecule has 0 radical (unpaired) electrons. The molecule has 4 aliphatic carbocycles. The number of carbonyl (C=O) groups excluding carboxylic acids is 1. The summed E-state index contributed by atoms with van der Waals surface area (Å²) in [6.45, 7) is 7.05. The Hall–Kier alpha value is -0.700. The second-order valence-corrected chi connectivity index (χ2v) is 14.2. The Bertz CT molecular complexity index is 863. The highest BCUT2D eigenvalue weighted by molar-refractivity contribution is 7.85. The van der Waals surface area contributed by atoms with E-state index in [-0.39, 0.29) is 35.5 Å². The highest BCUT2D eigenvalue weighted by Crippen LogP contribution is 2.68. The van der Waals surface area contributed by atoms with Gasteiger partial charge in [0.25, 0.3) is 10.1 Å². The molecule has 4 saturated carbocycles. The minimum atomic E-state index is -4.06. The summed E-state index contributed by atoms with van der Waals surface area (Å²) in [6.07, 6.45) is 8.87. The lowest BCUT2D eigenvalue weighted by Gasteiger charge is -2.62. The van der Waals surface area contributed by atoms with Gasteiger partial charge in [-0.1, -0.05) is 20.8 Å². The molecule has 4 N–H and O–H groups in total. The standard InChI is InChI=1S/C26H45NO6S/c1-16(4-7-23(30)27-12-13-34(31,32)33)19-5-6-20-24-21(9-11-26(19,20)3)25(2)10-8-18(28)14-17(25)15-22(24)29/h16-22,24,28-29H,4-15H2,1-3H3,(H,27,30)(H,31,32,33)/t16-,17?,18-,19-,20+,21+,22?,24+,25+,26-/m1/s1. The lowest BCUT2D eigenvalue weighted by Crippen LogP contribution is -2.58. The summed E-state index contributed by atoms with van der Waals surface area (Å²) in [4.78, 5) is 12.2. The van der Waals surface area contributed by atoms with Crippen molar-refractivity contribution in [3.05, 3.63) is 0 Å². The van der Waals surface area contributed by atoms with Crippen LogP contribution in [0.25, 0.3) is 0 Å². The monoisotopic (exact) mass is 499 g/mol. The molecule has 0 bridgehead atoms. The average molecular weight is 500 g/mol. The topological polar surface area (TPSA) is 124 Å². The van der Waals surface area contributed by atoms with Crippen LogP contribution in [0.2, 0.25) is 0 Å². The molecule has 8 heteroatoms. The third kappa shape index (κ3) is 4.94. The molecular formula is C26H45NO6S. The van der Waals surface area contributed by atoms with Gasteiger partial charge >= 0.3 is 0 Å². The summed E-state index contributed by atoms with van der Waals surface area (Å²) in [5, 5.41) is 24.2. The summed E-state index contributed by atoms with van der Waals surface area (Å²) in [7, 11) is -4.06. The van der Waals surface area contributed by atoms with Crippen LogP contribution in [0.5, 0.6) is 0 Å². The van der Waals surface area contributed by atoms with Gasteiger partial charge in [0.2, 0.25) is 5.91 Å². The maximum absolute atomic E-state index is 12.2. The van der Waals surface area contributed by atoms with Gasteiger partial charge in [0, 0.05) is 13.0 Å². The van der Waals surface area contributed by atoms with E-state index in [1.165, 1.54) is 6.42 Å².